The maximum atomic E-state index is 11.3. The number of benzene rings is 2. The normalized spacial score (nSPS) is 10.4. The maximum Gasteiger partial charge on any atom is 0.221 e. The molecule has 0 aliphatic carbocycles. The lowest BCUT2D eigenvalue weighted by atomic mass is 10.0. The molecule has 0 saturated carbocycles. The minimum absolute atomic E-state index is 0.0947. The van der Waals surface area contributed by atoms with Gasteiger partial charge in [0, 0.05) is 16.8 Å². The molecule has 2 aromatic carbocycles. The van der Waals surface area contributed by atoms with Gasteiger partial charge >= 0.3 is 0 Å². The highest BCUT2D eigenvalue weighted by Gasteiger charge is 2.10. The Kier molecular flexibility index (Phi) is 3.57. The van der Waals surface area contributed by atoms with E-state index in [9.17, 15) is 4.79 Å². The van der Waals surface area contributed by atoms with Gasteiger partial charge in [-0.25, -0.2) is 0 Å². The summed E-state index contributed by atoms with van der Waals surface area (Å²) in [7, 11) is 1.64. The number of nitrogens with one attached hydrogen (secondary N) is 1. The molecule has 2 rings (SSSR count). The third-order valence-electron chi connectivity index (χ3n) is 2.79. The van der Waals surface area contributed by atoms with Crippen LogP contribution in [0.25, 0.3) is 10.8 Å². The van der Waals surface area contributed by atoms with Crippen LogP contribution in [0.4, 0.5) is 5.69 Å². The van der Waals surface area contributed by atoms with Gasteiger partial charge in [-0.2, -0.15) is 0 Å². The van der Waals surface area contributed by atoms with Crippen molar-refractivity contribution in [3.05, 3.63) is 34.3 Å². The van der Waals surface area contributed by atoms with Crippen LogP contribution in [0.3, 0.4) is 0 Å². The van der Waals surface area contributed by atoms with Crippen molar-refractivity contribution < 1.29 is 9.53 Å². The lowest BCUT2D eigenvalue weighted by Gasteiger charge is -2.12. The molecule has 0 aliphatic heterocycles. The van der Waals surface area contributed by atoms with E-state index in [1.165, 1.54) is 6.92 Å². The Hall–Kier alpha value is -1.55. The van der Waals surface area contributed by atoms with Crippen molar-refractivity contribution in [1.82, 2.24) is 0 Å². The van der Waals surface area contributed by atoms with E-state index in [0.717, 1.165) is 32.2 Å². The Morgan fingerprint density at radius 1 is 1.33 bits per heavy atom. The van der Waals surface area contributed by atoms with Gasteiger partial charge in [-0.05, 0) is 52.0 Å². The molecule has 0 heterocycles. The lowest BCUT2D eigenvalue weighted by Crippen LogP contribution is -2.07. The Bertz CT molecular complexity index is 623. The molecule has 0 radical (unpaired) electrons. The number of methoxy groups -OCH3 is 1. The summed E-state index contributed by atoms with van der Waals surface area (Å²) < 4.78 is 6.18. The van der Waals surface area contributed by atoms with E-state index in [2.05, 4.69) is 21.2 Å². The first-order valence-corrected chi connectivity index (χ1v) is 6.36. The minimum atomic E-state index is -0.0947. The Balaban J connectivity index is 2.73. The van der Waals surface area contributed by atoms with E-state index >= 15 is 0 Å². The molecule has 0 bridgehead atoms. The molecule has 0 atom stereocenters. The van der Waals surface area contributed by atoms with Crippen molar-refractivity contribution in [3.8, 4) is 5.75 Å². The number of hydrogen-bond acceptors (Lipinski definition) is 2. The van der Waals surface area contributed by atoms with Gasteiger partial charge in [-0.1, -0.05) is 6.07 Å². The predicted octanol–water partition coefficient (Wildman–Crippen LogP) is 3.88. The molecule has 0 saturated heterocycles. The van der Waals surface area contributed by atoms with Gasteiger partial charge in [0.1, 0.15) is 5.75 Å². The molecule has 0 unspecified atom stereocenters. The number of anilines is 1. The number of hydrogen-bond donors (Lipinski definition) is 1. The van der Waals surface area contributed by atoms with Crippen molar-refractivity contribution >= 4 is 38.3 Å². The fourth-order valence-electron chi connectivity index (χ4n) is 1.96. The maximum absolute atomic E-state index is 11.3. The Morgan fingerprint density at radius 2 is 2.06 bits per heavy atom. The van der Waals surface area contributed by atoms with Gasteiger partial charge in [0.25, 0.3) is 0 Å². The zero-order valence-corrected chi connectivity index (χ0v) is 12.1. The van der Waals surface area contributed by atoms with Crippen molar-refractivity contribution in [3.63, 3.8) is 0 Å². The zero-order valence-electron chi connectivity index (χ0n) is 10.5. The number of rotatable bonds is 2. The topological polar surface area (TPSA) is 38.3 Å². The molecule has 2 aromatic rings. The van der Waals surface area contributed by atoms with Crippen molar-refractivity contribution in [2.45, 2.75) is 13.8 Å². The summed E-state index contributed by atoms with van der Waals surface area (Å²) >= 11 is 3.46. The third kappa shape index (κ3) is 2.34. The van der Waals surface area contributed by atoms with E-state index in [1.54, 1.807) is 7.11 Å². The first-order chi connectivity index (χ1) is 8.52. The molecular weight excluding hydrogens is 294 g/mol. The van der Waals surface area contributed by atoms with Crippen molar-refractivity contribution in [2.24, 2.45) is 0 Å². The van der Waals surface area contributed by atoms with E-state index in [-0.39, 0.29) is 5.91 Å². The number of fused-ring (bicyclic) bond motifs is 1. The van der Waals surface area contributed by atoms with Gasteiger partial charge in [0.2, 0.25) is 5.91 Å². The van der Waals surface area contributed by atoms with Crippen LogP contribution in [-0.2, 0) is 4.79 Å². The number of carbonyl (C=O) groups is 1. The highest BCUT2D eigenvalue weighted by molar-refractivity contribution is 9.10. The summed E-state index contributed by atoms with van der Waals surface area (Å²) in [4.78, 5) is 11.3. The third-order valence-corrected chi connectivity index (χ3v) is 3.45. The van der Waals surface area contributed by atoms with Crippen LogP contribution in [0.2, 0.25) is 0 Å². The molecule has 3 nitrogen and oxygen atoms in total. The van der Waals surface area contributed by atoms with Gasteiger partial charge in [0.05, 0.1) is 12.8 Å². The summed E-state index contributed by atoms with van der Waals surface area (Å²) in [5.41, 5.74) is 1.85. The summed E-state index contributed by atoms with van der Waals surface area (Å²) in [6, 6.07) is 7.93. The molecule has 0 fully saturated rings. The van der Waals surface area contributed by atoms with E-state index in [4.69, 9.17) is 4.74 Å². The predicted molar refractivity (Wildman–Crippen MR) is 77.2 cm³/mol. The Morgan fingerprint density at radius 3 is 2.67 bits per heavy atom. The van der Waals surface area contributed by atoms with E-state index in [1.807, 2.05) is 31.2 Å². The van der Waals surface area contributed by atoms with Gasteiger partial charge < -0.3 is 10.1 Å². The molecule has 18 heavy (non-hydrogen) atoms. The van der Waals surface area contributed by atoms with E-state index < -0.39 is 0 Å². The zero-order chi connectivity index (χ0) is 13.3. The standard InChI is InChI=1S/C14H14BrNO2/c1-8-6-10-4-5-12(15)14(16-9(2)17)11(10)7-13(8)18-3/h4-7H,1-3H3,(H,16,17). The Labute approximate surface area is 114 Å². The SMILES string of the molecule is COc1cc2c(NC(C)=O)c(Br)ccc2cc1C. The molecule has 0 spiro atoms. The number of halogens is 1. The van der Waals surface area contributed by atoms with Crippen LogP contribution in [0, 0.1) is 6.92 Å². The smallest absolute Gasteiger partial charge is 0.221 e. The second-order valence-corrected chi connectivity index (χ2v) is 5.00. The fraction of sp³-hybridized carbons (Fsp3) is 0.214. The number of ether oxygens (including phenoxy) is 1. The van der Waals surface area contributed by atoms with Crippen LogP contribution < -0.4 is 10.1 Å². The molecule has 1 amide bonds. The summed E-state index contributed by atoms with van der Waals surface area (Å²) in [6.45, 7) is 3.50. The monoisotopic (exact) mass is 307 g/mol. The highest BCUT2D eigenvalue weighted by Crippen LogP contribution is 2.35. The van der Waals surface area contributed by atoms with Gasteiger partial charge in [-0.15, -0.1) is 0 Å². The molecule has 1 N–H and O–H groups in total. The highest BCUT2D eigenvalue weighted by atomic mass is 79.9. The van der Waals surface area contributed by atoms with Crippen LogP contribution >= 0.6 is 15.9 Å². The van der Waals surface area contributed by atoms with E-state index in [0.29, 0.717) is 0 Å². The second kappa shape index (κ2) is 4.98. The number of carbonyl (C=O) groups excluding carboxylic acids is 1. The summed E-state index contributed by atoms with van der Waals surface area (Å²) in [5.74, 6) is 0.718. The minimum Gasteiger partial charge on any atom is -0.496 e. The average Bonchev–Trinajstić information content (AvgIpc) is 2.32. The van der Waals surface area contributed by atoms with Gasteiger partial charge in [-0.3, -0.25) is 4.79 Å². The molecule has 0 aliphatic rings. The average molecular weight is 308 g/mol. The number of aryl methyl sites for hydroxylation is 1. The van der Waals surface area contributed by atoms with Crippen molar-refractivity contribution in [2.75, 3.05) is 12.4 Å². The molecule has 4 heteroatoms. The first kappa shape index (κ1) is 12.9. The number of amides is 1. The molecular formula is C14H14BrNO2. The van der Waals surface area contributed by atoms with Gasteiger partial charge in [0.15, 0.2) is 0 Å². The van der Waals surface area contributed by atoms with Crippen LogP contribution in [0.1, 0.15) is 12.5 Å². The largest absolute Gasteiger partial charge is 0.496 e. The molecule has 0 aromatic heterocycles. The van der Waals surface area contributed by atoms with Crippen LogP contribution in [-0.4, -0.2) is 13.0 Å². The summed E-state index contributed by atoms with van der Waals surface area (Å²) in [5, 5.41) is 4.88. The lowest BCUT2D eigenvalue weighted by molar-refractivity contribution is -0.114. The van der Waals surface area contributed by atoms with Crippen molar-refractivity contribution in [1.29, 1.82) is 0 Å². The fourth-order valence-corrected chi connectivity index (χ4v) is 2.41. The first-order valence-electron chi connectivity index (χ1n) is 5.57. The molecule has 94 valence electrons. The summed E-state index contributed by atoms with van der Waals surface area (Å²) in [6.07, 6.45) is 0. The van der Waals surface area contributed by atoms with Crippen LogP contribution in [0.15, 0.2) is 28.7 Å². The quantitative estimate of drug-likeness (QED) is 0.914. The second-order valence-electron chi connectivity index (χ2n) is 4.15. The van der Waals surface area contributed by atoms with Crippen LogP contribution in [0.5, 0.6) is 5.75 Å².